The number of benzene rings is 1. The van der Waals surface area contributed by atoms with Crippen LogP contribution in [0.3, 0.4) is 0 Å². The van der Waals surface area contributed by atoms with Gasteiger partial charge in [-0.15, -0.1) is 11.8 Å². The zero-order valence-electron chi connectivity index (χ0n) is 12.3. The molecule has 22 heavy (non-hydrogen) atoms. The Hall–Kier alpha value is -2.21. The lowest BCUT2D eigenvalue weighted by Gasteiger charge is -2.08. The Morgan fingerprint density at radius 1 is 1.18 bits per heavy atom. The molecule has 0 saturated heterocycles. The summed E-state index contributed by atoms with van der Waals surface area (Å²) >= 11 is 1.60. The number of methoxy groups -OCH3 is 1. The van der Waals surface area contributed by atoms with Gasteiger partial charge in [0, 0.05) is 18.5 Å². The lowest BCUT2D eigenvalue weighted by molar-refractivity contribution is -0.122. The molecule has 5 nitrogen and oxygen atoms in total. The number of nitrogens with one attached hydrogen (secondary N) is 1. The summed E-state index contributed by atoms with van der Waals surface area (Å²) < 4.78 is 10.5. The molecule has 0 fully saturated rings. The van der Waals surface area contributed by atoms with Crippen LogP contribution in [-0.4, -0.2) is 36.9 Å². The van der Waals surface area contributed by atoms with Crippen LogP contribution in [0.1, 0.15) is 0 Å². The minimum absolute atomic E-state index is 0.000578. The van der Waals surface area contributed by atoms with Crippen LogP contribution in [0.4, 0.5) is 0 Å². The maximum absolute atomic E-state index is 11.7. The summed E-state index contributed by atoms with van der Waals surface area (Å²) in [5.41, 5.74) is 0. The van der Waals surface area contributed by atoms with Gasteiger partial charge in [-0.25, -0.2) is 4.98 Å². The van der Waals surface area contributed by atoms with Gasteiger partial charge < -0.3 is 14.8 Å². The molecule has 1 aromatic heterocycles. The van der Waals surface area contributed by atoms with Gasteiger partial charge in [-0.1, -0.05) is 6.07 Å². The SMILES string of the molecule is COc1ccc(OCC(=O)NCCSc2ccccn2)cc1. The van der Waals surface area contributed by atoms with E-state index in [0.29, 0.717) is 12.3 Å². The Morgan fingerprint density at radius 3 is 2.64 bits per heavy atom. The van der Waals surface area contributed by atoms with Crippen molar-refractivity contribution in [1.29, 1.82) is 0 Å². The Balaban J connectivity index is 1.61. The van der Waals surface area contributed by atoms with E-state index in [4.69, 9.17) is 9.47 Å². The number of carbonyl (C=O) groups is 1. The third-order valence-corrected chi connectivity index (χ3v) is 3.69. The first kappa shape index (κ1) is 16.2. The number of hydrogen-bond donors (Lipinski definition) is 1. The smallest absolute Gasteiger partial charge is 0.257 e. The number of ether oxygens (including phenoxy) is 2. The molecule has 1 N–H and O–H groups in total. The van der Waals surface area contributed by atoms with Crippen LogP contribution in [0.25, 0.3) is 0 Å². The molecular formula is C16H18N2O3S. The van der Waals surface area contributed by atoms with Crippen LogP contribution in [0.2, 0.25) is 0 Å². The van der Waals surface area contributed by atoms with Gasteiger partial charge in [-0.2, -0.15) is 0 Å². The highest BCUT2D eigenvalue weighted by atomic mass is 32.2. The summed E-state index contributed by atoms with van der Waals surface area (Å²) in [5.74, 6) is 2.02. The van der Waals surface area contributed by atoms with Crippen molar-refractivity contribution in [3.8, 4) is 11.5 Å². The highest BCUT2D eigenvalue weighted by Crippen LogP contribution is 2.16. The summed E-state index contributed by atoms with van der Waals surface area (Å²) in [6.07, 6.45) is 1.75. The molecule has 0 radical (unpaired) electrons. The molecule has 2 rings (SSSR count). The van der Waals surface area contributed by atoms with Crippen LogP contribution >= 0.6 is 11.8 Å². The van der Waals surface area contributed by atoms with Crippen LogP contribution in [0, 0.1) is 0 Å². The second kappa shape index (κ2) is 8.94. The van der Waals surface area contributed by atoms with Gasteiger partial charge in [0.05, 0.1) is 12.1 Å². The molecule has 1 amide bonds. The molecule has 0 aliphatic rings. The Labute approximate surface area is 134 Å². The molecular weight excluding hydrogens is 300 g/mol. The van der Waals surface area contributed by atoms with Gasteiger partial charge in [0.1, 0.15) is 11.5 Å². The minimum atomic E-state index is -0.141. The van der Waals surface area contributed by atoms with Gasteiger partial charge in [-0.3, -0.25) is 4.79 Å². The first-order chi connectivity index (χ1) is 10.8. The molecule has 0 saturated carbocycles. The van der Waals surface area contributed by atoms with Crippen molar-refractivity contribution < 1.29 is 14.3 Å². The molecule has 0 bridgehead atoms. The predicted molar refractivity (Wildman–Crippen MR) is 86.5 cm³/mol. The number of rotatable bonds is 8. The van der Waals surface area contributed by atoms with E-state index in [-0.39, 0.29) is 12.5 Å². The number of thioether (sulfide) groups is 1. The molecule has 116 valence electrons. The van der Waals surface area contributed by atoms with Gasteiger partial charge in [0.15, 0.2) is 6.61 Å². The highest BCUT2D eigenvalue weighted by molar-refractivity contribution is 7.99. The number of hydrogen-bond acceptors (Lipinski definition) is 5. The Morgan fingerprint density at radius 2 is 1.95 bits per heavy atom. The monoisotopic (exact) mass is 318 g/mol. The lowest BCUT2D eigenvalue weighted by atomic mass is 10.3. The largest absolute Gasteiger partial charge is 0.497 e. The van der Waals surface area contributed by atoms with Gasteiger partial charge in [-0.05, 0) is 36.4 Å². The maximum Gasteiger partial charge on any atom is 0.257 e. The molecule has 6 heteroatoms. The average Bonchev–Trinajstić information content (AvgIpc) is 2.58. The fraction of sp³-hybridized carbons (Fsp3) is 0.250. The van der Waals surface area contributed by atoms with Gasteiger partial charge in [0.2, 0.25) is 0 Å². The van der Waals surface area contributed by atoms with Gasteiger partial charge in [0.25, 0.3) is 5.91 Å². The molecule has 1 heterocycles. The van der Waals surface area contributed by atoms with Crippen molar-refractivity contribution in [2.24, 2.45) is 0 Å². The summed E-state index contributed by atoms with van der Waals surface area (Å²) in [7, 11) is 1.60. The second-order valence-corrected chi connectivity index (χ2v) is 5.45. The summed E-state index contributed by atoms with van der Waals surface area (Å²) in [5, 5.41) is 3.76. The predicted octanol–water partition coefficient (Wildman–Crippen LogP) is 2.38. The van der Waals surface area contributed by atoms with E-state index in [0.717, 1.165) is 16.5 Å². The summed E-state index contributed by atoms with van der Waals surface area (Å²) in [6, 6.07) is 12.9. The number of nitrogens with zero attached hydrogens (tertiary/aromatic N) is 1. The first-order valence-electron chi connectivity index (χ1n) is 6.85. The fourth-order valence-electron chi connectivity index (χ4n) is 1.65. The Kier molecular flexibility index (Phi) is 6.57. The van der Waals surface area contributed by atoms with E-state index in [1.54, 1.807) is 49.3 Å². The first-order valence-corrected chi connectivity index (χ1v) is 7.84. The van der Waals surface area contributed by atoms with E-state index in [1.807, 2.05) is 18.2 Å². The standard InChI is InChI=1S/C16H18N2O3S/c1-20-13-5-7-14(8-6-13)21-12-15(19)17-10-11-22-16-4-2-3-9-18-16/h2-9H,10-12H2,1H3,(H,17,19). The normalized spacial score (nSPS) is 10.0. The van der Waals surface area contributed by atoms with Crippen LogP contribution < -0.4 is 14.8 Å². The van der Waals surface area contributed by atoms with E-state index in [9.17, 15) is 4.79 Å². The maximum atomic E-state index is 11.7. The number of aromatic nitrogens is 1. The minimum Gasteiger partial charge on any atom is -0.497 e. The number of pyridine rings is 1. The van der Waals surface area contributed by atoms with Crippen molar-refractivity contribution in [2.45, 2.75) is 5.03 Å². The van der Waals surface area contributed by atoms with E-state index >= 15 is 0 Å². The number of carbonyl (C=O) groups excluding carboxylic acids is 1. The third kappa shape index (κ3) is 5.65. The summed E-state index contributed by atoms with van der Waals surface area (Å²) in [6.45, 7) is 0.576. The van der Waals surface area contributed by atoms with E-state index in [1.165, 1.54) is 0 Å². The molecule has 0 atom stereocenters. The fourth-order valence-corrected chi connectivity index (χ4v) is 2.37. The average molecular weight is 318 g/mol. The molecule has 0 spiro atoms. The van der Waals surface area contributed by atoms with Crippen LogP contribution in [-0.2, 0) is 4.79 Å². The van der Waals surface area contributed by atoms with E-state index < -0.39 is 0 Å². The molecule has 1 aromatic carbocycles. The van der Waals surface area contributed by atoms with E-state index in [2.05, 4.69) is 10.3 Å². The van der Waals surface area contributed by atoms with Crippen molar-refractivity contribution in [3.05, 3.63) is 48.7 Å². The number of amides is 1. The zero-order chi connectivity index (χ0) is 15.6. The van der Waals surface area contributed by atoms with Crippen LogP contribution in [0.5, 0.6) is 11.5 Å². The summed E-state index contributed by atoms with van der Waals surface area (Å²) in [4.78, 5) is 15.9. The highest BCUT2D eigenvalue weighted by Gasteiger charge is 2.03. The molecule has 0 unspecified atom stereocenters. The third-order valence-electron chi connectivity index (χ3n) is 2.74. The second-order valence-electron chi connectivity index (χ2n) is 4.33. The molecule has 0 aliphatic heterocycles. The molecule has 0 aliphatic carbocycles. The van der Waals surface area contributed by atoms with Gasteiger partial charge >= 0.3 is 0 Å². The van der Waals surface area contributed by atoms with Crippen molar-refractivity contribution >= 4 is 17.7 Å². The van der Waals surface area contributed by atoms with Crippen molar-refractivity contribution in [2.75, 3.05) is 26.0 Å². The lowest BCUT2D eigenvalue weighted by Crippen LogP contribution is -2.30. The quantitative estimate of drug-likeness (QED) is 0.598. The van der Waals surface area contributed by atoms with Crippen molar-refractivity contribution in [1.82, 2.24) is 10.3 Å². The zero-order valence-corrected chi connectivity index (χ0v) is 13.1. The van der Waals surface area contributed by atoms with Crippen molar-refractivity contribution in [3.63, 3.8) is 0 Å². The van der Waals surface area contributed by atoms with Crippen LogP contribution in [0.15, 0.2) is 53.7 Å². The molecule has 2 aromatic rings. The topological polar surface area (TPSA) is 60.5 Å². The Bertz CT molecular complexity index is 576.